The van der Waals surface area contributed by atoms with E-state index in [4.69, 9.17) is 4.42 Å². The van der Waals surface area contributed by atoms with E-state index in [1.165, 1.54) is 0 Å². The third-order valence-electron chi connectivity index (χ3n) is 6.03. The quantitative estimate of drug-likeness (QED) is 0.658. The van der Waals surface area contributed by atoms with Crippen LogP contribution < -0.4 is 10.9 Å². The van der Waals surface area contributed by atoms with Crippen molar-refractivity contribution in [2.75, 3.05) is 19.6 Å². The molecule has 0 saturated carbocycles. The van der Waals surface area contributed by atoms with Crippen LogP contribution in [-0.2, 0) is 19.5 Å². The van der Waals surface area contributed by atoms with Crippen LogP contribution in [0.1, 0.15) is 39.8 Å². The number of thiazole rings is 1. The first-order chi connectivity index (χ1) is 14.7. The van der Waals surface area contributed by atoms with Crippen LogP contribution in [0.3, 0.4) is 0 Å². The molecule has 2 atom stereocenters. The molecule has 1 N–H and O–H groups in total. The number of carbonyl (C=O) groups is 1. The minimum Gasteiger partial charge on any atom is -0.469 e. The predicted molar refractivity (Wildman–Crippen MR) is 114 cm³/mol. The molecule has 7 nitrogen and oxygen atoms in total. The molecule has 0 unspecified atom stereocenters. The topological polar surface area (TPSA) is 80.4 Å². The summed E-state index contributed by atoms with van der Waals surface area (Å²) in [5.41, 5.74) is 4.07. The van der Waals surface area contributed by atoms with Gasteiger partial charge in [0.2, 0.25) is 0 Å². The molecule has 30 heavy (non-hydrogen) atoms. The van der Waals surface area contributed by atoms with Gasteiger partial charge in [-0.05, 0) is 36.6 Å². The van der Waals surface area contributed by atoms with E-state index in [-0.39, 0.29) is 17.0 Å². The highest BCUT2D eigenvalue weighted by Crippen LogP contribution is 2.35. The molecule has 5 rings (SSSR count). The van der Waals surface area contributed by atoms with Crippen LogP contribution in [0.15, 0.2) is 50.6 Å². The van der Waals surface area contributed by atoms with Gasteiger partial charge in [-0.15, -0.1) is 11.3 Å². The molecule has 2 bridgehead atoms. The number of aromatic nitrogens is 2. The third-order valence-corrected chi connectivity index (χ3v) is 6.67. The second-order valence-electron chi connectivity index (χ2n) is 8.15. The molecular weight excluding hydrogens is 400 g/mol. The van der Waals surface area contributed by atoms with Crippen LogP contribution in [0.25, 0.3) is 0 Å². The number of piperidine rings is 1. The number of hydrogen-bond acceptors (Lipinski definition) is 6. The average molecular weight is 425 g/mol. The first-order valence-corrected chi connectivity index (χ1v) is 11.3. The Kier molecular flexibility index (Phi) is 5.26. The van der Waals surface area contributed by atoms with Crippen molar-refractivity contribution in [3.05, 3.63) is 74.5 Å². The van der Waals surface area contributed by atoms with Gasteiger partial charge in [0.1, 0.15) is 11.3 Å². The van der Waals surface area contributed by atoms with Crippen molar-refractivity contribution in [3.63, 3.8) is 0 Å². The molecular formula is C22H24N4O3S. The number of carbonyl (C=O) groups excluding carboxylic acids is 1. The molecule has 1 amide bonds. The van der Waals surface area contributed by atoms with E-state index in [1.807, 2.05) is 28.3 Å². The van der Waals surface area contributed by atoms with Gasteiger partial charge in [-0.1, -0.05) is 0 Å². The summed E-state index contributed by atoms with van der Waals surface area (Å²) in [7, 11) is 0. The molecule has 5 heterocycles. The standard InChI is InChI=1S/C22H24N4O3S/c27-21(23-6-5-18-2-1-7-29-18)19-3-4-20-16-8-15(10-26(20)22(19)28)9-25(11-16)12-17-13-30-14-24-17/h1-4,7,13-16H,5-6,8-12H2,(H,23,27)/t15-,16+/m0/s1. The van der Waals surface area contributed by atoms with Gasteiger partial charge in [-0.3, -0.25) is 14.5 Å². The number of furan rings is 1. The van der Waals surface area contributed by atoms with Crippen molar-refractivity contribution < 1.29 is 9.21 Å². The van der Waals surface area contributed by atoms with Crippen LogP contribution in [0, 0.1) is 5.92 Å². The number of nitrogens with zero attached hydrogens (tertiary/aromatic N) is 3. The number of fused-ring (bicyclic) bond motifs is 4. The van der Waals surface area contributed by atoms with Crippen LogP contribution >= 0.6 is 11.3 Å². The van der Waals surface area contributed by atoms with Gasteiger partial charge < -0.3 is 14.3 Å². The van der Waals surface area contributed by atoms with E-state index in [1.54, 1.807) is 23.7 Å². The largest absolute Gasteiger partial charge is 0.469 e. The lowest BCUT2D eigenvalue weighted by Crippen LogP contribution is -2.47. The Morgan fingerprint density at radius 1 is 1.27 bits per heavy atom. The zero-order chi connectivity index (χ0) is 20.5. The molecule has 0 aromatic carbocycles. The van der Waals surface area contributed by atoms with Gasteiger partial charge in [-0.25, -0.2) is 4.98 Å². The van der Waals surface area contributed by atoms with Crippen LogP contribution in [0.4, 0.5) is 0 Å². The van der Waals surface area contributed by atoms with E-state index < -0.39 is 0 Å². The fourth-order valence-electron chi connectivity index (χ4n) is 4.74. The molecule has 3 aromatic heterocycles. The molecule has 2 aliphatic heterocycles. The Hall–Kier alpha value is -2.71. The van der Waals surface area contributed by atoms with Crippen molar-refractivity contribution in [3.8, 4) is 0 Å². The number of nitrogens with one attached hydrogen (secondary N) is 1. The van der Waals surface area contributed by atoms with Crippen molar-refractivity contribution in [2.45, 2.75) is 31.8 Å². The van der Waals surface area contributed by atoms with Crippen molar-refractivity contribution in [1.29, 1.82) is 0 Å². The zero-order valence-electron chi connectivity index (χ0n) is 16.6. The van der Waals surface area contributed by atoms with E-state index in [2.05, 4.69) is 20.6 Å². The molecule has 156 valence electrons. The van der Waals surface area contributed by atoms with E-state index >= 15 is 0 Å². The maximum atomic E-state index is 13.1. The highest BCUT2D eigenvalue weighted by atomic mass is 32.1. The maximum Gasteiger partial charge on any atom is 0.263 e. The Balaban J connectivity index is 1.29. The summed E-state index contributed by atoms with van der Waals surface area (Å²) < 4.78 is 7.11. The Bertz CT molecular complexity index is 1070. The van der Waals surface area contributed by atoms with E-state index in [0.29, 0.717) is 31.3 Å². The van der Waals surface area contributed by atoms with Crippen molar-refractivity contribution in [1.82, 2.24) is 19.8 Å². The molecule has 0 radical (unpaired) electrons. The summed E-state index contributed by atoms with van der Waals surface area (Å²) in [4.78, 5) is 32.5. The monoisotopic (exact) mass is 424 g/mol. The number of likely N-dealkylation sites (tertiary alicyclic amines) is 1. The lowest BCUT2D eigenvalue weighted by atomic mass is 9.83. The SMILES string of the molecule is O=C(NCCc1ccco1)c1ccc2n(c1=O)C[C@H]1C[C@@H]2CN(Cc2cscn2)C1. The van der Waals surface area contributed by atoms with Crippen molar-refractivity contribution in [2.24, 2.45) is 5.92 Å². The van der Waals surface area contributed by atoms with Gasteiger partial charge in [0.05, 0.1) is 17.5 Å². The first kappa shape index (κ1) is 19.3. The smallest absolute Gasteiger partial charge is 0.263 e. The molecule has 2 aliphatic rings. The van der Waals surface area contributed by atoms with Gasteiger partial charge in [0.15, 0.2) is 0 Å². The fraction of sp³-hybridized carbons (Fsp3) is 0.409. The van der Waals surface area contributed by atoms with E-state index in [0.717, 1.165) is 43.2 Å². The summed E-state index contributed by atoms with van der Waals surface area (Å²) in [5, 5.41) is 4.94. The lowest BCUT2D eigenvalue weighted by molar-refractivity contribution is 0.0946. The Labute approximate surface area is 178 Å². The summed E-state index contributed by atoms with van der Waals surface area (Å²) in [5.74, 6) is 1.24. The predicted octanol–water partition coefficient (Wildman–Crippen LogP) is 2.49. The van der Waals surface area contributed by atoms with Crippen LogP contribution in [0.2, 0.25) is 0 Å². The number of amides is 1. The second kappa shape index (κ2) is 8.20. The maximum absolute atomic E-state index is 13.1. The molecule has 1 saturated heterocycles. The van der Waals surface area contributed by atoms with Gasteiger partial charge >= 0.3 is 0 Å². The van der Waals surface area contributed by atoms with Crippen molar-refractivity contribution >= 4 is 17.2 Å². The van der Waals surface area contributed by atoms with E-state index in [9.17, 15) is 9.59 Å². The highest BCUT2D eigenvalue weighted by molar-refractivity contribution is 7.07. The molecule has 8 heteroatoms. The normalized spacial score (nSPS) is 20.7. The Morgan fingerprint density at radius 3 is 3.00 bits per heavy atom. The highest BCUT2D eigenvalue weighted by Gasteiger charge is 2.35. The molecule has 0 spiro atoms. The summed E-state index contributed by atoms with van der Waals surface area (Å²) >= 11 is 1.62. The first-order valence-electron chi connectivity index (χ1n) is 10.3. The summed E-state index contributed by atoms with van der Waals surface area (Å²) in [6.07, 6.45) is 3.31. The Morgan fingerprint density at radius 2 is 2.20 bits per heavy atom. The number of pyridine rings is 1. The summed E-state index contributed by atoms with van der Waals surface area (Å²) in [6.45, 7) is 3.84. The molecule has 3 aromatic rings. The zero-order valence-corrected chi connectivity index (χ0v) is 17.4. The van der Waals surface area contributed by atoms with Gasteiger partial charge in [0.25, 0.3) is 11.5 Å². The number of hydrogen-bond donors (Lipinski definition) is 1. The van der Waals surface area contributed by atoms with Gasteiger partial charge in [-0.2, -0.15) is 0 Å². The minimum atomic E-state index is -0.317. The molecule has 0 aliphatic carbocycles. The molecule has 1 fully saturated rings. The fourth-order valence-corrected chi connectivity index (χ4v) is 5.29. The van der Waals surface area contributed by atoms with Gasteiger partial charge in [0, 0.05) is 56.1 Å². The van der Waals surface area contributed by atoms with Crippen LogP contribution in [-0.4, -0.2) is 40.0 Å². The lowest BCUT2D eigenvalue weighted by Gasteiger charge is -2.42. The minimum absolute atomic E-state index is 0.175. The second-order valence-corrected chi connectivity index (χ2v) is 8.86. The summed E-state index contributed by atoms with van der Waals surface area (Å²) in [6, 6.07) is 7.35. The average Bonchev–Trinajstić information content (AvgIpc) is 3.43. The third kappa shape index (κ3) is 3.85. The number of rotatable bonds is 6. The van der Waals surface area contributed by atoms with Crippen LogP contribution in [0.5, 0.6) is 0 Å².